The first-order valence-electron chi connectivity index (χ1n) is 3.97. The van der Waals surface area contributed by atoms with Crippen LogP contribution in [0, 0.1) is 5.92 Å². The van der Waals surface area contributed by atoms with E-state index >= 15 is 0 Å². The molecule has 1 aromatic heterocycles. The van der Waals surface area contributed by atoms with Crippen molar-refractivity contribution >= 4 is 23.2 Å². The molecule has 2 atom stereocenters. The van der Waals surface area contributed by atoms with Crippen LogP contribution in [-0.4, -0.2) is 9.97 Å². The molecule has 0 spiro atoms. The molecule has 0 bridgehead atoms. The highest BCUT2D eigenvalue weighted by molar-refractivity contribution is 6.32. The summed E-state index contributed by atoms with van der Waals surface area (Å²) in [4.78, 5) is 8.11. The van der Waals surface area contributed by atoms with E-state index in [1.807, 2.05) is 0 Å². The number of hydrogen-bond acceptors (Lipinski definition) is 2. The molecule has 0 aromatic carbocycles. The summed E-state index contributed by atoms with van der Waals surface area (Å²) >= 11 is 11.6. The van der Waals surface area contributed by atoms with E-state index in [0.29, 0.717) is 11.1 Å². The zero-order valence-electron chi connectivity index (χ0n) is 6.22. The molecule has 4 heteroatoms. The van der Waals surface area contributed by atoms with Crippen molar-refractivity contribution in [2.75, 3.05) is 0 Å². The number of nitrogens with zero attached hydrogens (tertiary/aromatic N) is 2. The van der Waals surface area contributed by atoms with Crippen LogP contribution in [0.25, 0.3) is 0 Å². The van der Waals surface area contributed by atoms with E-state index in [9.17, 15) is 0 Å². The lowest BCUT2D eigenvalue weighted by molar-refractivity contribution is 0.834. The van der Waals surface area contributed by atoms with Gasteiger partial charge in [-0.1, -0.05) is 11.6 Å². The Balaban J connectivity index is 2.24. The van der Waals surface area contributed by atoms with E-state index in [1.54, 1.807) is 0 Å². The normalized spacial score (nSPS) is 29.8. The topological polar surface area (TPSA) is 25.8 Å². The summed E-state index contributed by atoms with van der Waals surface area (Å²) in [5.41, 5.74) is 2.23. The quantitative estimate of drug-likeness (QED) is 0.475. The highest BCUT2D eigenvalue weighted by Gasteiger charge is 2.47. The minimum absolute atomic E-state index is 0.278. The van der Waals surface area contributed by atoms with E-state index in [4.69, 9.17) is 23.2 Å². The van der Waals surface area contributed by atoms with Crippen LogP contribution in [0.15, 0.2) is 0 Å². The molecule has 1 heterocycles. The molecule has 2 aliphatic rings. The van der Waals surface area contributed by atoms with Crippen molar-refractivity contribution in [3.8, 4) is 0 Å². The van der Waals surface area contributed by atoms with Gasteiger partial charge in [0.25, 0.3) is 0 Å². The Morgan fingerprint density at radius 3 is 2.92 bits per heavy atom. The van der Waals surface area contributed by atoms with Gasteiger partial charge in [0.05, 0.1) is 5.69 Å². The van der Waals surface area contributed by atoms with Crippen molar-refractivity contribution in [3.05, 3.63) is 21.7 Å². The summed E-state index contributed by atoms with van der Waals surface area (Å²) < 4.78 is 0. The maximum Gasteiger partial charge on any atom is 0.224 e. The zero-order chi connectivity index (χ0) is 8.29. The molecule has 0 radical (unpaired) electrons. The van der Waals surface area contributed by atoms with Gasteiger partial charge in [-0.2, -0.15) is 0 Å². The predicted octanol–water partition coefficient (Wildman–Crippen LogP) is 2.44. The van der Waals surface area contributed by atoms with E-state index in [1.165, 1.54) is 6.42 Å². The van der Waals surface area contributed by atoms with Gasteiger partial charge in [0, 0.05) is 5.56 Å². The highest BCUT2D eigenvalue weighted by atomic mass is 35.5. The van der Waals surface area contributed by atoms with Gasteiger partial charge in [-0.15, -0.1) is 0 Å². The number of halogens is 2. The second kappa shape index (κ2) is 2.12. The van der Waals surface area contributed by atoms with Gasteiger partial charge in [0.2, 0.25) is 5.28 Å². The first kappa shape index (κ1) is 7.10. The Morgan fingerprint density at radius 2 is 2.08 bits per heavy atom. The van der Waals surface area contributed by atoms with Gasteiger partial charge in [-0.3, -0.25) is 0 Å². The van der Waals surface area contributed by atoms with Crippen molar-refractivity contribution in [2.24, 2.45) is 5.92 Å². The summed E-state index contributed by atoms with van der Waals surface area (Å²) in [5.74, 6) is 1.43. The standard InChI is InChI=1S/C8H6Cl2N2/c9-7-6-4-1-3(4)2-5(6)11-8(10)12-7/h3-4H,1-2H2. The Hall–Kier alpha value is -0.340. The van der Waals surface area contributed by atoms with Crippen molar-refractivity contribution in [1.29, 1.82) is 0 Å². The maximum atomic E-state index is 5.96. The Kier molecular flexibility index (Phi) is 1.25. The molecule has 3 rings (SSSR count). The van der Waals surface area contributed by atoms with Crippen LogP contribution in [0.5, 0.6) is 0 Å². The Morgan fingerprint density at radius 1 is 1.25 bits per heavy atom. The largest absolute Gasteiger partial charge is 0.224 e. The van der Waals surface area contributed by atoms with Gasteiger partial charge in [0.15, 0.2) is 0 Å². The minimum atomic E-state index is 0.278. The average Bonchev–Trinajstić information content (AvgIpc) is 2.60. The fourth-order valence-electron chi connectivity index (χ4n) is 2.05. The molecule has 12 heavy (non-hydrogen) atoms. The third-order valence-electron chi connectivity index (χ3n) is 2.70. The summed E-state index contributed by atoms with van der Waals surface area (Å²) in [6, 6.07) is 0. The summed E-state index contributed by atoms with van der Waals surface area (Å²) in [7, 11) is 0. The maximum absolute atomic E-state index is 5.96. The van der Waals surface area contributed by atoms with Gasteiger partial charge < -0.3 is 0 Å². The molecule has 0 amide bonds. The van der Waals surface area contributed by atoms with E-state index < -0.39 is 0 Å². The molecule has 0 aliphatic heterocycles. The fourth-order valence-corrected chi connectivity index (χ4v) is 2.61. The molecule has 1 fully saturated rings. The lowest BCUT2D eigenvalue weighted by Gasteiger charge is -2.02. The molecule has 1 saturated carbocycles. The van der Waals surface area contributed by atoms with Crippen LogP contribution in [0.2, 0.25) is 10.4 Å². The van der Waals surface area contributed by atoms with Gasteiger partial charge in [-0.05, 0) is 36.3 Å². The van der Waals surface area contributed by atoms with Crippen LogP contribution in [0.4, 0.5) is 0 Å². The van der Waals surface area contributed by atoms with Crippen molar-refractivity contribution in [3.63, 3.8) is 0 Å². The molecule has 0 saturated heterocycles. The zero-order valence-corrected chi connectivity index (χ0v) is 7.73. The van der Waals surface area contributed by atoms with Gasteiger partial charge in [0.1, 0.15) is 5.15 Å². The van der Waals surface area contributed by atoms with E-state index in [0.717, 1.165) is 23.6 Å². The number of aromatic nitrogens is 2. The summed E-state index contributed by atoms with van der Waals surface area (Å²) in [6.07, 6.45) is 2.31. The highest BCUT2D eigenvalue weighted by Crippen LogP contribution is 2.57. The van der Waals surface area contributed by atoms with Crippen LogP contribution in [-0.2, 0) is 6.42 Å². The van der Waals surface area contributed by atoms with Crippen molar-refractivity contribution in [2.45, 2.75) is 18.8 Å². The molecular formula is C8H6Cl2N2. The monoisotopic (exact) mass is 200 g/mol. The smallest absolute Gasteiger partial charge is 0.223 e. The lowest BCUT2D eigenvalue weighted by atomic mass is 10.2. The van der Waals surface area contributed by atoms with Crippen molar-refractivity contribution in [1.82, 2.24) is 9.97 Å². The van der Waals surface area contributed by atoms with Crippen LogP contribution in [0.3, 0.4) is 0 Å². The second-order valence-electron chi connectivity index (χ2n) is 3.45. The fraction of sp³-hybridized carbons (Fsp3) is 0.500. The Labute approximate surface area is 79.9 Å². The molecule has 2 nitrogen and oxygen atoms in total. The van der Waals surface area contributed by atoms with Crippen molar-refractivity contribution < 1.29 is 0 Å². The molecule has 2 unspecified atom stereocenters. The third-order valence-corrected chi connectivity index (χ3v) is 3.16. The van der Waals surface area contributed by atoms with Crippen LogP contribution >= 0.6 is 23.2 Å². The summed E-state index contributed by atoms with van der Waals surface area (Å²) in [6.45, 7) is 0. The van der Waals surface area contributed by atoms with Crippen LogP contribution < -0.4 is 0 Å². The molecular weight excluding hydrogens is 195 g/mol. The molecule has 62 valence electrons. The first-order chi connectivity index (χ1) is 5.75. The number of hydrogen-bond donors (Lipinski definition) is 0. The van der Waals surface area contributed by atoms with Crippen LogP contribution in [0.1, 0.15) is 23.6 Å². The molecule has 1 aromatic rings. The second-order valence-corrected chi connectivity index (χ2v) is 4.15. The number of fused-ring (bicyclic) bond motifs is 3. The first-order valence-corrected chi connectivity index (χ1v) is 4.73. The minimum Gasteiger partial charge on any atom is -0.223 e. The van der Waals surface area contributed by atoms with E-state index in [2.05, 4.69) is 9.97 Å². The van der Waals surface area contributed by atoms with Gasteiger partial charge in [-0.25, -0.2) is 9.97 Å². The molecule has 0 N–H and O–H groups in total. The predicted molar refractivity (Wildman–Crippen MR) is 46.6 cm³/mol. The lowest BCUT2D eigenvalue weighted by Crippen LogP contribution is -1.96. The SMILES string of the molecule is Clc1nc(Cl)c2c(n1)CC1CC21. The Bertz CT molecular complexity index is 364. The average molecular weight is 201 g/mol. The third kappa shape index (κ3) is 0.824. The van der Waals surface area contributed by atoms with E-state index in [-0.39, 0.29) is 5.28 Å². The summed E-state index contributed by atoms with van der Waals surface area (Å²) in [5, 5.41) is 0.843. The van der Waals surface area contributed by atoms with Gasteiger partial charge >= 0.3 is 0 Å². The molecule has 2 aliphatic carbocycles. The number of rotatable bonds is 0.